The minimum Gasteiger partial charge on any atom is -0.504 e. The average molecular weight is 329 g/mol. The number of anilines is 1. The third kappa shape index (κ3) is 3.57. The van der Waals surface area contributed by atoms with Crippen LogP contribution >= 0.6 is 11.6 Å². The fourth-order valence-electron chi connectivity index (χ4n) is 1.73. The first-order chi connectivity index (χ1) is 9.79. The second-order valence-corrected chi connectivity index (χ2v) is 6.29. The topological polar surface area (TPSA) is 113 Å². The van der Waals surface area contributed by atoms with Crippen molar-refractivity contribution in [3.05, 3.63) is 47.0 Å². The molecule has 21 heavy (non-hydrogen) atoms. The Labute approximate surface area is 126 Å². The molecule has 0 unspecified atom stereocenters. The number of benzene rings is 2. The molecule has 0 aliphatic carbocycles. The van der Waals surface area contributed by atoms with E-state index in [1.807, 2.05) is 0 Å². The molecule has 0 saturated carbocycles. The summed E-state index contributed by atoms with van der Waals surface area (Å²) in [6.07, 6.45) is 0. The molecule has 0 aliphatic heterocycles. The molecule has 2 rings (SSSR count). The van der Waals surface area contributed by atoms with Gasteiger partial charge in [0, 0.05) is 12.1 Å². The molecule has 2 aromatic rings. The van der Waals surface area contributed by atoms with Crippen molar-refractivity contribution in [2.45, 2.75) is 11.4 Å². The van der Waals surface area contributed by atoms with Crippen LogP contribution in [0.4, 0.5) is 5.69 Å². The van der Waals surface area contributed by atoms with Gasteiger partial charge in [0.25, 0.3) is 0 Å². The van der Waals surface area contributed by atoms with Crippen molar-refractivity contribution in [1.29, 1.82) is 0 Å². The van der Waals surface area contributed by atoms with Crippen molar-refractivity contribution in [2.24, 2.45) is 5.14 Å². The van der Waals surface area contributed by atoms with Crippen LogP contribution in [0.5, 0.6) is 11.5 Å². The smallest absolute Gasteiger partial charge is 0.238 e. The summed E-state index contributed by atoms with van der Waals surface area (Å²) in [6.45, 7) is 0.147. The molecule has 6 nitrogen and oxygen atoms in total. The van der Waals surface area contributed by atoms with Gasteiger partial charge in [0.2, 0.25) is 10.0 Å². The zero-order chi connectivity index (χ0) is 15.6. The third-order valence-corrected chi connectivity index (χ3v) is 4.07. The lowest BCUT2D eigenvalue weighted by Crippen LogP contribution is -2.12. The Hall–Kier alpha value is -1.96. The van der Waals surface area contributed by atoms with Gasteiger partial charge >= 0.3 is 0 Å². The molecule has 5 N–H and O–H groups in total. The summed E-state index contributed by atoms with van der Waals surface area (Å²) in [4.78, 5) is -0.0745. The lowest BCUT2D eigenvalue weighted by atomic mass is 10.2. The van der Waals surface area contributed by atoms with Gasteiger partial charge in [-0.1, -0.05) is 23.7 Å². The first-order valence-electron chi connectivity index (χ1n) is 5.85. The van der Waals surface area contributed by atoms with Crippen LogP contribution in [-0.2, 0) is 16.6 Å². The van der Waals surface area contributed by atoms with E-state index >= 15 is 0 Å². The number of aromatic hydroxyl groups is 2. The second kappa shape index (κ2) is 5.80. The van der Waals surface area contributed by atoms with E-state index < -0.39 is 10.0 Å². The Morgan fingerprint density at radius 1 is 1.19 bits per heavy atom. The van der Waals surface area contributed by atoms with Gasteiger partial charge in [-0.2, -0.15) is 0 Å². The maximum Gasteiger partial charge on any atom is 0.238 e. The van der Waals surface area contributed by atoms with Gasteiger partial charge in [-0.05, 0) is 24.3 Å². The maximum atomic E-state index is 11.3. The van der Waals surface area contributed by atoms with Crippen molar-refractivity contribution in [3.8, 4) is 11.5 Å². The zero-order valence-corrected chi connectivity index (χ0v) is 12.3. The van der Waals surface area contributed by atoms with Gasteiger partial charge in [-0.25, -0.2) is 13.6 Å². The van der Waals surface area contributed by atoms with E-state index in [1.165, 1.54) is 24.3 Å². The Bertz CT molecular complexity index is 778. The fourth-order valence-corrected chi connectivity index (χ4v) is 2.45. The van der Waals surface area contributed by atoms with Gasteiger partial charge in [0.15, 0.2) is 11.5 Å². The summed E-state index contributed by atoms with van der Waals surface area (Å²) in [7, 11) is -3.83. The normalized spacial score (nSPS) is 11.3. The van der Waals surface area contributed by atoms with Crippen molar-refractivity contribution in [2.75, 3.05) is 5.32 Å². The minimum atomic E-state index is -3.83. The lowest BCUT2D eigenvalue weighted by Gasteiger charge is -2.11. The molecule has 0 saturated heterocycles. The summed E-state index contributed by atoms with van der Waals surface area (Å²) in [5.74, 6) is -0.484. The molecule has 0 aromatic heterocycles. The van der Waals surface area contributed by atoms with Crippen molar-refractivity contribution >= 4 is 27.3 Å². The molecule has 0 bridgehead atoms. The molecule has 112 valence electrons. The quantitative estimate of drug-likeness (QED) is 0.641. The second-order valence-electron chi connectivity index (χ2n) is 4.33. The predicted octanol–water partition coefficient (Wildman–Crippen LogP) is 2.01. The van der Waals surface area contributed by atoms with Crippen LogP contribution < -0.4 is 10.5 Å². The first-order valence-corrected chi connectivity index (χ1v) is 7.77. The Balaban J connectivity index is 2.26. The Kier molecular flexibility index (Phi) is 4.26. The molecule has 0 heterocycles. The number of nitrogens with one attached hydrogen (secondary N) is 1. The van der Waals surface area contributed by atoms with E-state index in [1.54, 1.807) is 12.1 Å². The van der Waals surface area contributed by atoms with Crippen LogP contribution in [0.15, 0.2) is 41.3 Å². The Morgan fingerprint density at radius 3 is 2.57 bits per heavy atom. The highest BCUT2D eigenvalue weighted by Crippen LogP contribution is 2.30. The number of sulfonamides is 1. The molecule has 0 aliphatic rings. The predicted molar refractivity (Wildman–Crippen MR) is 79.9 cm³/mol. The fraction of sp³-hybridized carbons (Fsp3) is 0.0769. The summed E-state index contributed by atoms with van der Waals surface area (Å²) < 4.78 is 22.6. The molecular formula is C13H13ClN2O4S. The minimum absolute atomic E-state index is 0.0745. The summed E-state index contributed by atoms with van der Waals surface area (Å²) in [5, 5.41) is 27.3. The first kappa shape index (κ1) is 15.4. The van der Waals surface area contributed by atoms with Crippen molar-refractivity contribution in [1.82, 2.24) is 0 Å². The number of rotatable bonds is 4. The average Bonchev–Trinajstić information content (AvgIpc) is 2.40. The van der Waals surface area contributed by atoms with Crippen LogP contribution in [0.2, 0.25) is 5.02 Å². The molecule has 0 fully saturated rings. The highest BCUT2D eigenvalue weighted by molar-refractivity contribution is 7.89. The lowest BCUT2D eigenvalue weighted by molar-refractivity contribution is 0.400. The van der Waals surface area contributed by atoms with Gasteiger partial charge in [-0.15, -0.1) is 0 Å². The monoisotopic (exact) mass is 328 g/mol. The number of hydrogen-bond acceptors (Lipinski definition) is 5. The highest BCUT2D eigenvalue weighted by atomic mass is 35.5. The van der Waals surface area contributed by atoms with Crippen LogP contribution in [0.25, 0.3) is 0 Å². The summed E-state index contributed by atoms with van der Waals surface area (Å²) in [6, 6.07) is 8.56. The van der Waals surface area contributed by atoms with E-state index in [2.05, 4.69) is 5.32 Å². The molecular weight excluding hydrogens is 316 g/mol. The number of primary sulfonamides is 1. The molecule has 0 atom stereocenters. The summed E-state index contributed by atoms with van der Waals surface area (Å²) >= 11 is 5.97. The van der Waals surface area contributed by atoms with Crippen molar-refractivity contribution < 1.29 is 18.6 Å². The van der Waals surface area contributed by atoms with Crippen LogP contribution in [0, 0.1) is 0 Å². The highest BCUT2D eigenvalue weighted by Gasteiger charge is 2.11. The molecule has 0 spiro atoms. The van der Waals surface area contributed by atoms with Crippen molar-refractivity contribution in [3.63, 3.8) is 0 Å². The van der Waals surface area contributed by atoms with Crippen LogP contribution in [0.1, 0.15) is 5.56 Å². The number of phenolic OH excluding ortho intramolecular Hbond substituents is 2. The molecule has 2 aromatic carbocycles. The van der Waals surface area contributed by atoms with Gasteiger partial charge in [-0.3, -0.25) is 0 Å². The number of hydrogen-bond donors (Lipinski definition) is 4. The maximum absolute atomic E-state index is 11.3. The largest absolute Gasteiger partial charge is 0.504 e. The number of phenols is 2. The zero-order valence-electron chi connectivity index (χ0n) is 10.7. The molecule has 0 radical (unpaired) electrons. The van der Waals surface area contributed by atoms with Gasteiger partial charge in [0.1, 0.15) is 0 Å². The molecule has 0 amide bonds. The van der Waals surface area contributed by atoms with E-state index in [0.717, 1.165) is 0 Å². The molecule has 8 heteroatoms. The van der Waals surface area contributed by atoms with Gasteiger partial charge < -0.3 is 15.5 Å². The third-order valence-electron chi connectivity index (χ3n) is 2.83. The van der Waals surface area contributed by atoms with Gasteiger partial charge in [0.05, 0.1) is 15.6 Å². The number of nitrogens with two attached hydrogens (primary N) is 1. The Morgan fingerprint density at radius 2 is 1.90 bits per heavy atom. The summed E-state index contributed by atoms with van der Waals surface area (Å²) in [5.41, 5.74) is 0.790. The van der Waals surface area contributed by atoms with E-state index in [0.29, 0.717) is 16.3 Å². The van der Waals surface area contributed by atoms with E-state index in [4.69, 9.17) is 16.7 Å². The standard InChI is InChI=1S/C13H13ClN2O4S/c14-10-5-4-9(21(15,19)20)6-11(10)16-7-8-2-1-3-12(17)13(8)18/h1-6,16-18H,7H2,(H2,15,19,20). The van der Waals surface area contributed by atoms with Crippen LogP contribution in [0.3, 0.4) is 0 Å². The van der Waals surface area contributed by atoms with E-state index in [9.17, 15) is 18.6 Å². The SMILES string of the molecule is NS(=O)(=O)c1ccc(Cl)c(NCc2cccc(O)c2O)c1. The number of para-hydroxylation sites is 1. The van der Waals surface area contributed by atoms with Crippen LogP contribution in [-0.4, -0.2) is 18.6 Å². The number of halogens is 1. The van der Waals surface area contributed by atoms with E-state index in [-0.39, 0.29) is 22.9 Å².